The van der Waals surface area contributed by atoms with E-state index in [1.54, 1.807) is 42.5 Å². The average molecular weight is 357 g/mol. The first-order valence-corrected chi connectivity index (χ1v) is 8.24. The van der Waals surface area contributed by atoms with Crippen LogP contribution in [0.4, 0.5) is 0 Å². The molecule has 0 bridgehead atoms. The largest absolute Gasteiger partial charge is 0.451 e. The molecule has 2 N–H and O–H groups in total. The number of amides is 2. The lowest BCUT2D eigenvalue weighted by Crippen LogP contribution is -2.34. The summed E-state index contributed by atoms with van der Waals surface area (Å²) in [6, 6.07) is 14.1. The highest BCUT2D eigenvalue weighted by Crippen LogP contribution is 2.27. The number of fused-ring (bicyclic) bond motifs is 1. The third-order valence-corrected chi connectivity index (χ3v) is 4.07. The van der Waals surface area contributed by atoms with Crippen LogP contribution in [0.5, 0.6) is 0 Å². The molecule has 3 rings (SSSR count). The summed E-state index contributed by atoms with van der Waals surface area (Å²) in [5.74, 6) is -0.241. The van der Waals surface area contributed by atoms with Crippen LogP contribution in [-0.4, -0.2) is 24.9 Å². The maximum Gasteiger partial charge on any atom is 0.287 e. The van der Waals surface area contributed by atoms with E-state index in [1.165, 1.54) is 0 Å². The Morgan fingerprint density at radius 2 is 1.68 bits per heavy atom. The first-order chi connectivity index (χ1) is 12.1. The number of hydrogen-bond acceptors (Lipinski definition) is 3. The Morgan fingerprint density at radius 1 is 1.00 bits per heavy atom. The summed E-state index contributed by atoms with van der Waals surface area (Å²) >= 11 is 5.98. The first-order valence-electron chi connectivity index (χ1n) is 7.86. The smallest absolute Gasteiger partial charge is 0.287 e. The van der Waals surface area contributed by atoms with Crippen LogP contribution < -0.4 is 10.6 Å². The number of halogens is 1. The molecule has 3 aromatic rings. The number of furan rings is 1. The zero-order chi connectivity index (χ0) is 17.8. The molecule has 0 saturated heterocycles. The lowest BCUT2D eigenvalue weighted by atomic mass is 10.1. The topological polar surface area (TPSA) is 71.3 Å². The molecular weight excluding hydrogens is 340 g/mol. The molecule has 2 aromatic carbocycles. The van der Waals surface area contributed by atoms with Crippen molar-refractivity contribution in [1.82, 2.24) is 10.6 Å². The van der Waals surface area contributed by atoms with Crippen LogP contribution in [0.1, 0.15) is 26.5 Å². The van der Waals surface area contributed by atoms with Crippen LogP contribution in [0.3, 0.4) is 0 Å². The summed E-state index contributed by atoms with van der Waals surface area (Å²) in [6.07, 6.45) is 0. The molecule has 0 spiro atoms. The Hall–Kier alpha value is -2.79. The van der Waals surface area contributed by atoms with Gasteiger partial charge >= 0.3 is 0 Å². The van der Waals surface area contributed by atoms with Crippen molar-refractivity contribution >= 4 is 34.4 Å². The summed E-state index contributed by atoms with van der Waals surface area (Å²) in [5.41, 5.74) is 1.94. The van der Waals surface area contributed by atoms with Gasteiger partial charge in [-0.25, -0.2) is 0 Å². The molecule has 5 nitrogen and oxygen atoms in total. The van der Waals surface area contributed by atoms with Crippen molar-refractivity contribution in [1.29, 1.82) is 0 Å². The maximum atomic E-state index is 12.3. The molecule has 0 unspecified atom stereocenters. The molecule has 0 atom stereocenters. The summed E-state index contributed by atoms with van der Waals surface area (Å²) in [6.45, 7) is 2.44. The molecule has 0 aliphatic rings. The van der Waals surface area contributed by atoms with Crippen molar-refractivity contribution in [3.8, 4) is 0 Å². The van der Waals surface area contributed by atoms with Crippen molar-refractivity contribution in [2.45, 2.75) is 6.92 Å². The fraction of sp³-hybridized carbons (Fsp3) is 0.158. The van der Waals surface area contributed by atoms with Gasteiger partial charge in [0.05, 0.1) is 0 Å². The summed E-state index contributed by atoms with van der Waals surface area (Å²) in [5, 5.41) is 6.90. The van der Waals surface area contributed by atoms with Crippen LogP contribution in [-0.2, 0) is 0 Å². The van der Waals surface area contributed by atoms with Crippen molar-refractivity contribution in [3.05, 3.63) is 70.4 Å². The number of benzene rings is 2. The number of rotatable bonds is 5. The minimum atomic E-state index is -0.321. The average Bonchev–Trinajstić information content (AvgIpc) is 2.95. The van der Waals surface area contributed by atoms with Gasteiger partial charge in [-0.3, -0.25) is 9.59 Å². The van der Waals surface area contributed by atoms with E-state index in [0.717, 1.165) is 10.9 Å². The van der Waals surface area contributed by atoms with Crippen LogP contribution >= 0.6 is 11.6 Å². The second-order valence-electron chi connectivity index (χ2n) is 5.57. The zero-order valence-electron chi connectivity index (χ0n) is 13.6. The fourth-order valence-electron chi connectivity index (χ4n) is 2.53. The van der Waals surface area contributed by atoms with E-state index >= 15 is 0 Å². The first kappa shape index (κ1) is 17.0. The monoisotopic (exact) mass is 356 g/mol. The Labute approximate surface area is 150 Å². The second kappa shape index (κ2) is 7.40. The molecule has 1 heterocycles. The molecule has 6 heteroatoms. The van der Waals surface area contributed by atoms with Gasteiger partial charge in [-0.2, -0.15) is 0 Å². The van der Waals surface area contributed by atoms with E-state index in [0.29, 0.717) is 29.3 Å². The van der Waals surface area contributed by atoms with Gasteiger partial charge in [0.15, 0.2) is 5.76 Å². The predicted molar refractivity (Wildman–Crippen MR) is 97.1 cm³/mol. The Morgan fingerprint density at radius 3 is 2.40 bits per heavy atom. The van der Waals surface area contributed by atoms with Gasteiger partial charge < -0.3 is 15.1 Å². The SMILES string of the molecule is Cc1c(C(=O)NCCNC(=O)c2ccccc2)oc2ccc(Cl)cc12. The molecule has 1 aromatic heterocycles. The van der Waals surface area contributed by atoms with E-state index < -0.39 is 0 Å². The molecule has 0 aliphatic heterocycles. The lowest BCUT2D eigenvalue weighted by molar-refractivity contribution is 0.0911. The molecule has 2 amide bonds. The second-order valence-corrected chi connectivity index (χ2v) is 6.01. The molecule has 128 valence electrons. The predicted octanol–water partition coefficient (Wildman–Crippen LogP) is 3.55. The van der Waals surface area contributed by atoms with Crippen LogP contribution in [0.25, 0.3) is 11.0 Å². The summed E-state index contributed by atoms with van der Waals surface area (Å²) in [4.78, 5) is 24.2. The number of carbonyl (C=O) groups is 2. The number of hydrogen-bond donors (Lipinski definition) is 2. The third-order valence-electron chi connectivity index (χ3n) is 3.84. The van der Waals surface area contributed by atoms with Gasteiger partial charge in [-0.1, -0.05) is 29.8 Å². The molecule has 0 aliphatic carbocycles. The Balaban J connectivity index is 1.56. The van der Waals surface area contributed by atoms with Gasteiger partial charge in [0, 0.05) is 34.6 Å². The van der Waals surface area contributed by atoms with Gasteiger partial charge in [0.2, 0.25) is 0 Å². The molecule has 0 saturated carbocycles. The Bertz CT molecular complexity index is 919. The molecule has 0 radical (unpaired) electrons. The van der Waals surface area contributed by atoms with Gasteiger partial charge in [0.1, 0.15) is 5.58 Å². The quantitative estimate of drug-likeness (QED) is 0.687. The summed E-state index contributed by atoms with van der Waals surface area (Å²) < 4.78 is 5.61. The highest BCUT2D eigenvalue weighted by Gasteiger charge is 2.17. The van der Waals surface area contributed by atoms with E-state index in [4.69, 9.17) is 16.0 Å². The van der Waals surface area contributed by atoms with Crippen molar-refractivity contribution in [2.75, 3.05) is 13.1 Å². The highest BCUT2D eigenvalue weighted by molar-refractivity contribution is 6.31. The van der Waals surface area contributed by atoms with Crippen molar-refractivity contribution in [2.24, 2.45) is 0 Å². The molecular formula is C19H17ClN2O3. The number of carbonyl (C=O) groups excluding carboxylic acids is 2. The number of nitrogens with one attached hydrogen (secondary N) is 2. The third kappa shape index (κ3) is 3.83. The number of aryl methyl sites for hydroxylation is 1. The minimum absolute atomic E-state index is 0.176. The van der Waals surface area contributed by atoms with Crippen LogP contribution in [0.15, 0.2) is 52.9 Å². The molecule has 25 heavy (non-hydrogen) atoms. The van der Waals surface area contributed by atoms with Gasteiger partial charge in [-0.05, 0) is 37.3 Å². The Kier molecular flexibility index (Phi) is 5.05. The highest BCUT2D eigenvalue weighted by atomic mass is 35.5. The lowest BCUT2D eigenvalue weighted by Gasteiger charge is -2.06. The van der Waals surface area contributed by atoms with Gasteiger partial charge in [0.25, 0.3) is 11.8 Å². The molecule has 0 fully saturated rings. The standard InChI is InChI=1S/C19H17ClN2O3/c1-12-15-11-14(20)7-8-16(15)25-17(12)19(24)22-10-9-21-18(23)13-5-3-2-4-6-13/h2-8,11H,9-10H2,1H3,(H,21,23)(H,22,24). The fourth-order valence-corrected chi connectivity index (χ4v) is 2.71. The van der Waals surface area contributed by atoms with E-state index in [-0.39, 0.29) is 17.6 Å². The van der Waals surface area contributed by atoms with Crippen LogP contribution in [0, 0.1) is 6.92 Å². The maximum absolute atomic E-state index is 12.3. The zero-order valence-corrected chi connectivity index (χ0v) is 14.4. The van der Waals surface area contributed by atoms with Crippen LogP contribution in [0.2, 0.25) is 5.02 Å². The van der Waals surface area contributed by atoms with E-state index in [1.807, 2.05) is 13.0 Å². The van der Waals surface area contributed by atoms with Crippen molar-refractivity contribution in [3.63, 3.8) is 0 Å². The minimum Gasteiger partial charge on any atom is -0.451 e. The van der Waals surface area contributed by atoms with E-state index in [9.17, 15) is 9.59 Å². The van der Waals surface area contributed by atoms with Crippen molar-refractivity contribution < 1.29 is 14.0 Å². The summed E-state index contributed by atoms with van der Waals surface area (Å²) in [7, 11) is 0. The normalized spacial score (nSPS) is 10.6. The van der Waals surface area contributed by atoms with Gasteiger partial charge in [-0.15, -0.1) is 0 Å². The van der Waals surface area contributed by atoms with E-state index in [2.05, 4.69) is 10.6 Å².